The summed E-state index contributed by atoms with van der Waals surface area (Å²) in [6.45, 7) is 2.27. The van der Waals surface area contributed by atoms with Crippen LogP contribution >= 0.6 is 11.6 Å². The Hall–Kier alpha value is -1.89. The van der Waals surface area contributed by atoms with Crippen LogP contribution < -0.4 is 10.0 Å². The van der Waals surface area contributed by atoms with E-state index in [4.69, 9.17) is 11.6 Å². The van der Waals surface area contributed by atoms with E-state index in [1.807, 2.05) is 6.92 Å². The van der Waals surface area contributed by atoms with Gasteiger partial charge in [0.05, 0.1) is 4.90 Å². The van der Waals surface area contributed by atoms with Crippen molar-refractivity contribution in [1.82, 2.24) is 4.72 Å². The number of halogens is 1. The molecule has 2 N–H and O–H groups in total. The minimum absolute atomic E-state index is 0.162. The second-order valence-corrected chi connectivity index (χ2v) is 7.09. The van der Waals surface area contributed by atoms with E-state index < -0.39 is 10.0 Å². The molecule has 1 amide bonds. The Morgan fingerprint density at radius 3 is 2.22 bits per heavy atom. The van der Waals surface area contributed by atoms with Gasteiger partial charge < -0.3 is 5.32 Å². The fraction of sp³-hybridized carbons (Fsp3) is 0.188. The number of nitrogens with one attached hydrogen (secondary N) is 2. The van der Waals surface area contributed by atoms with Crippen molar-refractivity contribution in [1.29, 1.82) is 0 Å². The molecule has 2 aromatic rings. The molecule has 0 aliphatic carbocycles. The molecule has 0 saturated heterocycles. The highest BCUT2D eigenvalue weighted by molar-refractivity contribution is 7.89. The van der Waals surface area contributed by atoms with Crippen molar-refractivity contribution < 1.29 is 13.2 Å². The van der Waals surface area contributed by atoms with Crippen LogP contribution in [0.25, 0.3) is 0 Å². The van der Waals surface area contributed by atoms with Gasteiger partial charge in [0, 0.05) is 22.8 Å². The summed E-state index contributed by atoms with van der Waals surface area (Å²) in [4.78, 5) is 12.2. The van der Waals surface area contributed by atoms with Gasteiger partial charge in [-0.1, -0.05) is 18.5 Å². The smallest absolute Gasteiger partial charge is 0.255 e. The van der Waals surface area contributed by atoms with Gasteiger partial charge >= 0.3 is 0 Å². The van der Waals surface area contributed by atoms with Crippen molar-refractivity contribution >= 4 is 33.2 Å². The van der Waals surface area contributed by atoms with Crippen molar-refractivity contribution in [2.75, 3.05) is 11.9 Å². The Balaban J connectivity index is 2.08. The fourth-order valence-electron chi connectivity index (χ4n) is 1.84. The Morgan fingerprint density at radius 1 is 1.04 bits per heavy atom. The first-order valence-corrected chi connectivity index (χ1v) is 8.95. The summed E-state index contributed by atoms with van der Waals surface area (Å²) >= 11 is 5.78. The highest BCUT2D eigenvalue weighted by Crippen LogP contribution is 2.16. The zero-order valence-electron chi connectivity index (χ0n) is 12.5. The number of rotatable bonds is 6. The number of carbonyl (C=O) groups excluding carboxylic acids is 1. The molecular weight excluding hydrogens is 336 g/mol. The van der Waals surface area contributed by atoms with Crippen LogP contribution in [0.4, 0.5) is 5.69 Å². The molecule has 7 heteroatoms. The van der Waals surface area contributed by atoms with E-state index in [1.54, 1.807) is 36.4 Å². The first-order valence-electron chi connectivity index (χ1n) is 7.09. The summed E-state index contributed by atoms with van der Waals surface area (Å²) in [6.07, 6.45) is 0.717. The lowest BCUT2D eigenvalue weighted by atomic mass is 10.2. The van der Waals surface area contributed by atoms with E-state index in [0.29, 0.717) is 29.2 Å². The van der Waals surface area contributed by atoms with E-state index in [1.165, 1.54) is 12.1 Å². The molecule has 0 saturated carbocycles. The summed E-state index contributed by atoms with van der Waals surface area (Å²) in [5.41, 5.74) is 0.982. The molecule has 0 fully saturated rings. The molecule has 0 aliphatic rings. The molecule has 122 valence electrons. The SMILES string of the molecule is CCCNS(=O)(=O)c1ccc(NC(=O)c2ccc(Cl)cc2)cc1. The van der Waals surface area contributed by atoms with Crippen LogP contribution in [0.1, 0.15) is 23.7 Å². The second kappa shape index (κ2) is 7.59. The lowest BCUT2D eigenvalue weighted by Crippen LogP contribution is -2.24. The number of hydrogen-bond acceptors (Lipinski definition) is 3. The minimum atomic E-state index is -3.50. The Morgan fingerprint density at radius 2 is 1.65 bits per heavy atom. The number of benzene rings is 2. The zero-order chi connectivity index (χ0) is 16.9. The lowest BCUT2D eigenvalue weighted by Gasteiger charge is -2.08. The molecule has 5 nitrogen and oxygen atoms in total. The van der Waals surface area contributed by atoms with Crippen LogP contribution in [0.2, 0.25) is 5.02 Å². The van der Waals surface area contributed by atoms with E-state index in [-0.39, 0.29) is 10.8 Å². The van der Waals surface area contributed by atoms with Crippen molar-refractivity contribution in [2.45, 2.75) is 18.2 Å². The van der Waals surface area contributed by atoms with E-state index in [9.17, 15) is 13.2 Å². The molecular formula is C16H17ClN2O3S. The Kier molecular flexibility index (Phi) is 5.76. The zero-order valence-corrected chi connectivity index (χ0v) is 14.1. The maximum Gasteiger partial charge on any atom is 0.255 e. The average molecular weight is 353 g/mol. The summed E-state index contributed by atoms with van der Waals surface area (Å²) in [7, 11) is -3.50. The Bertz CT molecular complexity index is 772. The van der Waals surface area contributed by atoms with Crippen molar-refractivity contribution in [2.24, 2.45) is 0 Å². The highest BCUT2D eigenvalue weighted by atomic mass is 35.5. The highest BCUT2D eigenvalue weighted by Gasteiger charge is 2.13. The van der Waals surface area contributed by atoms with Crippen LogP contribution in [-0.2, 0) is 10.0 Å². The van der Waals surface area contributed by atoms with Crippen LogP contribution in [0.15, 0.2) is 53.4 Å². The molecule has 2 aromatic carbocycles. The third kappa shape index (κ3) is 4.79. The number of hydrogen-bond donors (Lipinski definition) is 2. The monoisotopic (exact) mass is 352 g/mol. The number of amides is 1. The number of anilines is 1. The van der Waals surface area contributed by atoms with Gasteiger partial charge in [-0.15, -0.1) is 0 Å². The lowest BCUT2D eigenvalue weighted by molar-refractivity contribution is 0.102. The van der Waals surface area contributed by atoms with Gasteiger partial charge in [-0.25, -0.2) is 13.1 Å². The predicted octanol–water partition coefficient (Wildman–Crippen LogP) is 3.28. The molecule has 0 spiro atoms. The summed E-state index contributed by atoms with van der Waals surface area (Å²) in [5.74, 6) is -0.290. The summed E-state index contributed by atoms with van der Waals surface area (Å²) < 4.78 is 26.4. The van der Waals surface area contributed by atoms with E-state index >= 15 is 0 Å². The third-order valence-electron chi connectivity index (χ3n) is 3.07. The van der Waals surface area contributed by atoms with Crippen molar-refractivity contribution in [3.63, 3.8) is 0 Å². The molecule has 0 heterocycles. The molecule has 0 aliphatic heterocycles. The molecule has 0 unspecified atom stereocenters. The molecule has 2 rings (SSSR count). The predicted molar refractivity (Wildman–Crippen MR) is 91.3 cm³/mol. The quantitative estimate of drug-likeness (QED) is 0.837. The first-order chi connectivity index (χ1) is 10.9. The van der Waals surface area contributed by atoms with Gasteiger partial charge in [-0.05, 0) is 55.0 Å². The summed E-state index contributed by atoms with van der Waals surface area (Å²) in [5, 5.41) is 3.25. The first kappa shape index (κ1) is 17.5. The van der Waals surface area contributed by atoms with Gasteiger partial charge in [0.1, 0.15) is 0 Å². The Labute approximate surface area is 140 Å². The van der Waals surface area contributed by atoms with Gasteiger partial charge in [0.15, 0.2) is 0 Å². The van der Waals surface area contributed by atoms with Gasteiger partial charge in [-0.3, -0.25) is 4.79 Å². The maximum atomic E-state index is 12.1. The average Bonchev–Trinajstić information content (AvgIpc) is 2.54. The van der Waals surface area contributed by atoms with Crippen LogP contribution in [-0.4, -0.2) is 20.9 Å². The second-order valence-electron chi connectivity index (χ2n) is 4.88. The third-order valence-corrected chi connectivity index (χ3v) is 4.80. The molecule has 0 aromatic heterocycles. The minimum Gasteiger partial charge on any atom is -0.322 e. The topological polar surface area (TPSA) is 75.3 Å². The number of sulfonamides is 1. The van der Waals surface area contributed by atoms with Gasteiger partial charge in [0.25, 0.3) is 5.91 Å². The standard InChI is InChI=1S/C16H17ClN2O3S/c1-2-11-18-23(21,22)15-9-7-14(8-10-15)19-16(20)12-3-5-13(17)6-4-12/h3-10,18H,2,11H2,1H3,(H,19,20). The molecule has 0 radical (unpaired) electrons. The van der Waals surface area contributed by atoms with E-state index in [0.717, 1.165) is 0 Å². The van der Waals surface area contributed by atoms with Gasteiger partial charge in [-0.2, -0.15) is 0 Å². The fourth-order valence-corrected chi connectivity index (χ4v) is 3.10. The molecule has 23 heavy (non-hydrogen) atoms. The molecule has 0 bridgehead atoms. The largest absolute Gasteiger partial charge is 0.322 e. The number of carbonyl (C=O) groups is 1. The van der Waals surface area contributed by atoms with E-state index in [2.05, 4.69) is 10.0 Å². The van der Waals surface area contributed by atoms with Crippen LogP contribution in [0.5, 0.6) is 0 Å². The van der Waals surface area contributed by atoms with Gasteiger partial charge in [0.2, 0.25) is 10.0 Å². The van der Waals surface area contributed by atoms with Crippen molar-refractivity contribution in [3.8, 4) is 0 Å². The van der Waals surface area contributed by atoms with Crippen LogP contribution in [0, 0.1) is 0 Å². The summed E-state index contributed by atoms with van der Waals surface area (Å²) in [6, 6.07) is 12.5. The van der Waals surface area contributed by atoms with Crippen molar-refractivity contribution in [3.05, 3.63) is 59.1 Å². The normalized spacial score (nSPS) is 11.2. The maximum absolute atomic E-state index is 12.1. The van der Waals surface area contributed by atoms with Crippen LogP contribution in [0.3, 0.4) is 0 Å². The molecule has 0 atom stereocenters.